The van der Waals surface area contributed by atoms with Crippen molar-refractivity contribution in [1.82, 2.24) is 9.88 Å². The summed E-state index contributed by atoms with van der Waals surface area (Å²) >= 11 is 3.36. The smallest absolute Gasteiger partial charge is 0.268 e. The first kappa shape index (κ1) is 12.0. The zero-order chi connectivity index (χ0) is 12.3. The van der Waals surface area contributed by atoms with Crippen LogP contribution < -0.4 is 5.32 Å². The van der Waals surface area contributed by atoms with Crippen LogP contribution in [0, 0.1) is 0 Å². The van der Waals surface area contributed by atoms with Gasteiger partial charge in [0.25, 0.3) is 5.91 Å². The zero-order valence-electron chi connectivity index (χ0n) is 9.44. The number of furan rings is 1. The first-order valence-corrected chi connectivity index (χ1v) is 6.16. The summed E-state index contributed by atoms with van der Waals surface area (Å²) in [6.45, 7) is 3.16. The largest absolute Gasteiger partial charge is 0.467 e. The molecular weight excluding hydrogens is 284 g/mol. The van der Waals surface area contributed by atoms with Crippen LogP contribution >= 0.6 is 15.9 Å². The summed E-state index contributed by atoms with van der Waals surface area (Å²) in [5.74, 6) is 0.640. The van der Waals surface area contributed by atoms with Crippen LogP contribution in [0.1, 0.15) is 23.2 Å². The summed E-state index contributed by atoms with van der Waals surface area (Å²) in [7, 11) is 0. The highest BCUT2D eigenvalue weighted by Crippen LogP contribution is 2.15. The highest BCUT2D eigenvalue weighted by atomic mass is 79.9. The van der Waals surface area contributed by atoms with Gasteiger partial charge in [0.05, 0.1) is 12.8 Å². The van der Waals surface area contributed by atoms with Crippen LogP contribution in [-0.4, -0.2) is 10.5 Å². The van der Waals surface area contributed by atoms with E-state index in [4.69, 9.17) is 4.42 Å². The Labute approximate surface area is 108 Å². The zero-order valence-corrected chi connectivity index (χ0v) is 11.0. The molecule has 2 aromatic rings. The average molecular weight is 297 g/mol. The number of amides is 1. The average Bonchev–Trinajstić information content (AvgIpc) is 2.94. The van der Waals surface area contributed by atoms with E-state index in [1.54, 1.807) is 18.4 Å². The molecule has 4 nitrogen and oxygen atoms in total. The maximum Gasteiger partial charge on any atom is 0.268 e. The molecule has 90 valence electrons. The van der Waals surface area contributed by atoms with Crippen LogP contribution in [0.25, 0.3) is 0 Å². The fourth-order valence-electron chi connectivity index (χ4n) is 1.60. The highest BCUT2D eigenvalue weighted by Gasteiger charge is 2.12. The number of aryl methyl sites for hydroxylation is 1. The summed E-state index contributed by atoms with van der Waals surface area (Å²) in [4.78, 5) is 11.9. The lowest BCUT2D eigenvalue weighted by Crippen LogP contribution is -2.25. The van der Waals surface area contributed by atoms with Crippen LogP contribution in [0.15, 0.2) is 39.5 Å². The standard InChI is InChI=1S/C12H13BrN2O2/c1-2-15-8-9(13)6-11(15)12(16)14-7-10-4-3-5-17-10/h3-6,8H,2,7H2,1H3,(H,14,16). The van der Waals surface area contributed by atoms with Crippen LogP contribution in [0.3, 0.4) is 0 Å². The van der Waals surface area contributed by atoms with Crippen LogP contribution in [0.5, 0.6) is 0 Å². The highest BCUT2D eigenvalue weighted by molar-refractivity contribution is 9.10. The molecule has 0 bridgehead atoms. The van der Waals surface area contributed by atoms with Gasteiger partial charge in [0.15, 0.2) is 0 Å². The van der Waals surface area contributed by atoms with Gasteiger partial charge in [-0.25, -0.2) is 0 Å². The number of halogens is 1. The molecule has 17 heavy (non-hydrogen) atoms. The second-order valence-electron chi connectivity index (χ2n) is 3.59. The molecular formula is C12H13BrN2O2. The second kappa shape index (κ2) is 5.23. The van der Waals surface area contributed by atoms with E-state index in [1.165, 1.54) is 0 Å². The third kappa shape index (κ3) is 2.79. The van der Waals surface area contributed by atoms with Crippen molar-refractivity contribution in [2.75, 3.05) is 0 Å². The van der Waals surface area contributed by atoms with Gasteiger partial charge in [-0.05, 0) is 41.1 Å². The van der Waals surface area contributed by atoms with E-state index in [9.17, 15) is 4.79 Å². The molecule has 0 saturated carbocycles. The van der Waals surface area contributed by atoms with Gasteiger partial charge in [0.2, 0.25) is 0 Å². The van der Waals surface area contributed by atoms with Crippen molar-refractivity contribution in [1.29, 1.82) is 0 Å². The van der Waals surface area contributed by atoms with Crippen molar-refractivity contribution in [3.63, 3.8) is 0 Å². The molecule has 0 radical (unpaired) electrons. The van der Waals surface area contributed by atoms with Gasteiger partial charge >= 0.3 is 0 Å². The van der Waals surface area contributed by atoms with Crippen molar-refractivity contribution in [2.24, 2.45) is 0 Å². The quantitative estimate of drug-likeness (QED) is 0.943. The number of hydrogen-bond acceptors (Lipinski definition) is 2. The van der Waals surface area contributed by atoms with Crippen molar-refractivity contribution in [3.8, 4) is 0 Å². The first-order valence-electron chi connectivity index (χ1n) is 5.37. The third-order valence-corrected chi connectivity index (χ3v) is 2.87. The molecule has 0 aromatic carbocycles. The maximum absolute atomic E-state index is 11.9. The van der Waals surface area contributed by atoms with Crippen LogP contribution in [-0.2, 0) is 13.1 Å². The van der Waals surface area contributed by atoms with E-state index < -0.39 is 0 Å². The summed E-state index contributed by atoms with van der Waals surface area (Å²) in [6, 6.07) is 5.43. The van der Waals surface area contributed by atoms with Gasteiger partial charge in [-0.15, -0.1) is 0 Å². The number of nitrogens with zero attached hydrogens (tertiary/aromatic N) is 1. The van der Waals surface area contributed by atoms with Crippen molar-refractivity contribution in [3.05, 3.63) is 46.6 Å². The SMILES string of the molecule is CCn1cc(Br)cc1C(=O)NCc1ccco1. The first-order chi connectivity index (χ1) is 8.20. The molecule has 0 atom stereocenters. The van der Waals surface area contributed by atoms with Gasteiger partial charge in [-0.2, -0.15) is 0 Å². The molecule has 5 heteroatoms. The molecule has 2 aromatic heterocycles. The van der Waals surface area contributed by atoms with Gasteiger partial charge in [0, 0.05) is 17.2 Å². The van der Waals surface area contributed by atoms with E-state index in [1.807, 2.05) is 23.8 Å². The molecule has 0 aliphatic heterocycles. The number of nitrogens with one attached hydrogen (secondary N) is 1. The Balaban J connectivity index is 2.04. The van der Waals surface area contributed by atoms with E-state index >= 15 is 0 Å². The summed E-state index contributed by atoms with van der Waals surface area (Å²) in [5.41, 5.74) is 0.644. The number of carbonyl (C=O) groups excluding carboxylic acids is 1. The number of hydrogen-bond donors (Lipinski definition) is 1. The number of carbonyl (C=O) groups is 1. The monoisotopic (exact) mass is 296 g/mol. The van der Waals surface area contributed by atoms with Crippen molar-refractivity contribution in [2.45, 2.75) is 20.0 Å². The Morgan fingerprint density at radius 2 is 2.41 bits per heavy atom. The molecule has 0 aliphatic rings. The molecule has 2 rings (SSSR count). The normalized spacial score (nSPS) is 10.5. The lowest BCUT2D eigenvalue weighted by molar-refractivity contribution is 0.0939. The van der Waals surface area contributed by atoms with Gasteiger partial charge in [0.1, 0.15) is 11.5 Å². The Bertz CT molecular complexity index is 503. The topological polar surface area (TPSA) is 47.2 Å². The minimum atomic E-state index is -0.103. The molecule has 2 heterocycles. The Hall–Kier alpha value is -1.49. The Kier molecular flexibility index (Phi) is 3.68. The van der Waals surface area contributed by atoms with E-state index in [0.717, 1.165) is 16.8 Å². The maximum atomic E-state index is 11.9. The van der Waals surface area contributed by atoms with E-state index in [-0.39, 0.29) is 5.91 Å². The molecule has 0 unspecified atom stereocenters. The van der Waals surface area contributed by atoms with Gasteiger partial charge < -0.3 is 14.3 Å². The van der Waals surface area contributed by atoms with E-state index in [0.29, 0.717) is 12.2 Å². The Morgan fingerprint density at radius 3 is 3.06 bits per heavy atom. The van der Waals surface area contributed by atoms with Crippen LogP contribution in [0.4, 0.5) is 0 Å². The fraction of sp³-hybridized carbons (Fsp3) is 0.250. The molecule has 0 fully saturated rings. The predicted octanol–water partition coefficient (Wildman–Crippen LogP) is 2.79. The van der Waals surface area contributed by atoms with Crippen molar-refractivity contribution >= 4 is 21.8 Å². The van der Waals surface area contributed by atoms with E-state index in [2.05, 4.69) is 21.2 Å². The molecule has 0 aliphatic carbocycles. The second-order valence-corrected chi connectivity index (χ2v) is 4.51. The fourth-order valence-corrected chi connectivity index (χ4v) is 2.06. The summed E-state index contributed by atoms with van der Waals surface area (Å²) in [5, 5.41) is 2.82. The minimum absolute atomic E-state index is 0.103. The Morgan fingerprint density at radius 1 is 1.59 bits per heavy atom. The molecule has 0 spiro atoms. The minimum Gasteiger partial charge on any atom is -0.467 e. The summed E-state index contributed by atoms with van der Waals surface area (Å²) < 4.78 is 7.95. The molecule has 0 saturated heterocycles. The van der Waals surface area contributed by atoms with Gasteiger partial charge in [-0.3, -0.25) is 4.79 Å². The van der Waals surface area contributed by atoms with Gasteiger partial charge in [-0.1, -0.05) is 0 Å². The molecule has 1 N–H and O–H groups in total. The lowest BCUT2D eigenvalue weighted by atomic mass is 10.3. The van der Waals surface area contributed by atoms with Crippen LogP contribution in [0.2, 0.25) is 0 Å². The summed E-state index contributed by atoms with van der Waals surface area (Å²) in [6.07, 6.45) is 3.48. The van der Waals surface area contributed by atoms with Crippen molar-refractivity contribution < 1.29 is 9.21 Å². The molecule has 1 amide bonds. The number of rotatable bonds is 4. The third-order valence-electron chi connectivity index (χ3n) is 2.44. The number of aromatic nitrogens is 1. The predicted molar refractivity (Wildman–Crippen MR) is 67.7 cm³/mol. The lowest BCUT2D eigenvalue weighted by Gasteiger charge is -2.06.